The summed E-state index contributed by atoms with van der Waals surface area (Å²) in [4.78, 5) is 14.8. The molecule has 0 aromatic heterocycles. The van der Waals surface area contributed by atoms with Gasteiger partial charge in [-0.1, -0.05) is 41.4 Å². The zero-order valence-electron chi connectivity index (χ0n) is 12.8. The number of ether oxygens (including phenoxy) is 1. The van der Waals surface area contributed by atoms with E-state index in [0.29, 0.717) is 22.2 Å². The lowest BCUT2D eigenvalue weighted by atomic mass is 10.0. The van der Waals surface area contributed by atoms with Crippen LogP contribution in [-0.4, -0.2) is 24.5 Å². The molecule has 1 saturated heterocycles. The first-order chi connectivity index (χ1) is 11.1. The maximum atomic E-state index is 12.9. The Morgan fingerprint density at radius 1 is 1.22 bits per heavy atom. The highest BCUT2D eigenvalue weighted by Gasteiger charge is 2.31. The van der Waals surface area contributed by atoms with Gasteiger partial charge in [0.2, 0.25) is 0 Å². The number of methoxy groups -OCH3 is 1. The minimum absolute atomic E-state index is 0.0349. The summed E-state index contributed by atoms with van der Waals surface area (Å²) >= 11 is 12.2. The van der Waals surface area contributed by atoms with Crippen molar-refractivity contribution in [3.8, 4) is 5.75 Å². The number of benzene rings is 2. The minimum atomic E-state index is -0.0807. The van der Waals surface area contributed by atoms with Crippen molar-refractivity contribution in [2.75, 3.05) is 13.7 Å². The molecular weight excluding hydrogens is 333 g/mol. The number of hydrogen-bond donors (Lipinski definition) is 0. The Bertz CT molecular complexity index is 733. The standard InChI is InChI=1S/C18H17Cl2NO2/c1-23-13-6-2-5-12(11-13)16-9-4-10-21(16)18(22)14-7-3-8-15(19)17(14)20/h2-3,5-8,11,16H,4,9-10H2,1H3/t16-/m1/s1. The smallest absolute Gasteiger partial charge is 0.255 e. The van der Waals surface area contributed by atoms with E-state index in [1.54, 1.807) is 25.3 Å². The van der Waals surface area contributed by atoms with Crippen LogP contribution in [0.4, 0.5) is 0 Å². The van der Waals surface area contributed by atoms with Gasteiger partial charge in [-0.2, -0.15) is 0 Å². The largest absolute Gasteiger partial charge is 0.497 e. The zero-order valence-corrected chi connectivity index (χ0v) is 14.3. The van der Waals surface area contributed by atoms with Crippen molar-refractivity contribution in [3.63, 3.8) is 0 Å². The number of hydrogen-bond acceptors (Lipinski definition) is 2. The van der Waals surface area contributed by atoms with Gasteiger partial charge in [-0.05, 0) is 42.7 Å². The molecule has 1 aliphatic rings. The fraction of sp³-hybridized carbons (Fsp3) is 0.278. The van der Waals surface area contributed by atoms with Crippen LogP contribution in [0.2, 0.25) is 10.0 Å². The Kier molecular flexibility index (Phi) is 4.79. The van der Waals surface area contributed by atoms with Crippen LogP contribution in [-0.2, 0) is 0 Å². The number of halogens is 2. The molecule has 0 spiro atoms. The minimum Gasteiger partial charge on any atom is -0.497 e. The van der Waals surface area contributed by atoms with E-state index in [-0.39, 0.29) is 11.9 Å². The highest BCUT2D eigenvalue weighted by molar-refractivity contribution is 6.43. The summed E-state index contributed by atoms with van der Waals surface area (Å²) < 4.78 is 5.29. The summed E-state index contributed by atoms with van der Waals surface area (Å²) in [5.41, 5.74) is 1.53. The van der Waals surface area contributed by atoms with Crippen molar-refractivity contribution in [3.05, 3.63) is 63.6 Å². The first-order valence-corrected chi connectivity index (χ1v) is 8.26. The van der Waals surface area contributed by atoms with Gasteiger partial charge in [0.25, 0.3) is 5.91 Å². The first kappa shape index (κ1) is 16.2. The summed E-state index contributed by atoms with van der Waals surface area (Å²) in [6, 6.07) is 13.0. The molecule has 1 atom stereocenters. The monoisotopic (exact) mass is 349 g/mol. The maximum absolute atomic E-state index is 12.9. The Hall–Kier alpha value is -1.71. The molecule has 0 radical (unpaired) electrons. The van der Waals surface area contributed by atoms with Crippen molar-refractivity contribution in [1.29, 1.82) is 0 Å². The Morgan fingerprint density at radius 2 is 2.00 bits per heavy atom. The van der Waals surface area contributed by atoms with Crippen LogP contribution in [0.3, 0.4) is 0 Å². The quantitative estimate of drug-likeness (QED) is 0.781. The third-order valence-electron chi connectivity index (χ3n) is 4.17. The lowest BCUT2D eigenvalue weighted by molar-refractivity contribution is 0.0735. The van der Waals surface area contributed by atoms with Crippen molar-refractivity contribution < 1.29 is 9.53 Å². The molecule has 120 valence electrons. The Labute approximate surface area is 145 Å². The highest BCUT2D eigenvalue weighted by Crippen LogP contribution is 2.36. The average molecular weight is 350 g/mol. The van der Waals surface area contributed by atoms with Crippen molar-refractivity contribution in [2.45, 2.75) is 18.9 Å². The Balaban J connectivity index is 1.92. The summed E-state index contributed by atoms with van der Waals surface area (Å²) in [7, 11) is 1.64. The molecule has 3 nitrogen and oxygen atoms in total. The zero-order chi connectivity index (χ0) is 16.4. The molecule has 1 aliphatic heterocycles. The topological polar surface area (TPSA) is 29.5 Å². The second-order valence-electron chi connectivity index (χ2n) is 5.53. The van der Waals surface area contributed by atoms with Crippen LogP contribution in [0.5, 0.6) is 5.75 Å². The maximum Gasteiger partial charge on any atom is 0.255 e. The van der Waals surface area contributed by atoms with Crippen LogP contribution in [0.1, 0.15) is 34.8 Å². The van der Waals surface area contributed by atoms with Gasteiger partial charge in [-0.3, -0.25) is 4.79 Å². The van der Waals surface area contributed by atoms with Crippen molar-refractivity contribution >= 4 is 29.1 Å². The van der Waals surface area contributed by atoms with Gasteiger partial charge < -0.3 is 9.64 Å². The number of nitrogens with zero attached hydrogens (tertiary/aromatic N) is 1. The molecule has 2 aromatic rings. The number of likely N-dealkylation sites (tertiary alicyclic amines) is 1. The predicted molar refractivity (Wildman–Crippen MR) is 92.5 cm³/mol. The molecule has 3 rings (SSSR count). The second kappa shape index (κ2) is 6.81. The number of rotatable bonds is 3. The van der Waals surface area contributed by atoms with Gasteiger partial charge in [-0.25, -0.2) is 0 Å². The number of carbonyl (C=O) groups is 1. The normalized spacial score (nSPS) is 17.3. The van der Waals surface area contributed by atoms with E-state index in [0.717, 1.165) is 24.2 Å². The molecule has 5 heteroatoms. The molecule has 23 heavy (non-hydrogen) atoms. The fourth-order valence-electron chi connectivity index (χ4n) is 3.03. The van der Waals surface area contributed by atoms with Gasteiger partial charge in [-0.15, -0.1) is 0 Å². The van der Waals surface area contributed by atoms with Gasteiger partial charge in [0.1, 0.15) is 5.75 Å². The highest BCUT2D eigenvalue weighted by atomic mass is 35.5. The van der Waals surface area contributed by atoms with Gasteiger partial charge in [0.05, 0.1) is 28.8 Å². The summed E-state index contributed by atoms with van der Waals surface area (Å²) in [5.74, 6) is 0.713. The first-order valence-electron chi connectivity index (χ1n) is 7.50. The average Bonchev–Trinajstić information content (AvgIpc) is 3.06. The number of amides is 1. The fourth-order valence-corrected chi connectivity index (χ4v) is 3.41. The third-order valence-corrected chi connectivity index (χ3v) is 4.99. The molecule has 1 amide bonds. The van der Waals surface area contributed by atoms with Crippen LogP contribution in [0, 0.1) is 0 Å². The molecule has 0 saturated carbocycles. The molecular formula is C18H17Cl2NO2. The molecule has 1 fully saturated rings. The van der Waals surface area contributed by atoms with Gasteiger partial charge in [0.15, 0.2) is 0 Å². The Morgan fingerprint density at radius 3 is 2.78 bits per heavy atom. The summed E-state index contributed by atoms with van der Waals surface area (Å²) in [6.07, 6.45) is 1.89. The van der Waals surface area contributed by atoms with Crippen LogP contribution in [0.15, 0.2) is 42.5 Å². The SMILES string of the molecule is COc1cccc([C@H]2CCCN2C(=O)c2cccc(Cl)c2Cl)c1. The van der Waals surface area contributed by atoms with Crippen LogP contribution < -0.4 is 4.74 Å². The van der Waals surface area contributed by atoms with E-state index in [9.17, 15) is 4.79 Å². The van der Waals surface area contributed by atoms with Crippen molar-refractivity contribution in [1.82, 2.24) is 4.90 Å². The summed E-state index contributed by atoms with van der Waals surface area (Å²) in [6.45, 7) is 0.712. The molecule has 0 aliphatic carbocycles. The van der Waals surface area contributed by atoms with E-state index < -0.39 is 0 Å². The van der Waals surface area contributed by atoms with Gasteiger partial charge >= 0.3 is 0 Å². The summed E-state index contributed by atoms with van der Waals surface area (Å²) in [5, 5.41) is 0.713. The van der Waals surface area contributed by atoms with E-state index in [1.807, 2.05) is 29.2 Å². The molecule has 1 heterocycles. The van der Waals surface area contributed by atoms with Crippen LogP contribution >= 0.6 is 23.2 Å². The van der Waals surface area contributed by atoms with E-state index in [1.165, 1.54) is 0 Å². The molecule has 0 unspecified atom stereocenters. The van der Waals surface area contributed by atoms with Crippen LogP contribution in [0.25, 0.3) is 0 Å². The van der Waals surface area contributed by atoms with Crippen molar-refractivity contribution in [2.24, 2.45) is 0 Å². The van der Waals surface area contributed by atoms with E-state index in [4.69, 9.17) is 27.9 Å². The third kappa shape index (κ3) is 3.17. The van der Waals surface area contributed by atoms with E-state index in [2.05, 4.69) is 0 Å². The molecule has 0 N–H and O–H groups in total. The van der Waals surface area contributed by atoms with E-state index >= 15 is 0 Å². The predicted octanol–water partition coefficient (Wildman–Crippen LogP) is 4.98. The van der Waals surface area contributed by atoms with Gasteiger partial charge in [0, 0.05) is 6.54 Å². The second-order valence-corrected chi connectivity index (χ2v) is 6.32. The lowest BCUT2D eigenvalue weighted by Gasteiger charge is -2.26. The number of carbonyl (C=O) groups excluding carboxylic acids is 1. The molecule has 0 bridgehead atoms. The molecule has 2 aromatic carbocycles. The lowest BCUT2D eigenvalue weighted by Crippen LogP contribution is -2.30.